The average molecular weight is 392 g/mol. The summed E-state index contributed by atoms with van der Waals surface area (Å²) in [4.78, 5) is 28.9. The number of amides is 1. The van der Waals surface area contributed by atoms with Crippen LogP contribution in [0.2, 0.25) is 0 Å². The van der Waals surface area contributed by atoms with E-state index in [-0.39, 0.29) is 11.6 Å². The van der Waals surface area contributed by atoms with Gasteiger partial charge in [0.2, 0.25) is 5.91 Å². The van der Waals surface area contributed by atoms with Crippen molar-refractivity contribution < 1.29 is 9.72 Å². The normalized spacial score (nSPS) is 15.4. The molecule has 7 nitrogen and oxygen atoms in total. The summed E-state index contributed by atoms with van der Waals surface area (Å²) in [5, 5.41) is 16.6. The first kappa shape index (κ1) is 18.0. The van der Waals surface area contributed by atoms with Crippen LogP contribution >= 0.6 is 11.8 Å². The molecule has 1 amide bonds. The van der Waals surface area contributed by atoms with E-state index in [1.165, 1.54) is 18.2 Å². The number of carbonyl (C=O) groups is 1. The number of nitrogens with one attached hydrogen (secondary N) is 1. The largest absolute Gasteiger partial charge is 0.323 e. The highest BCUT2D eigenvalue weighted by Gasteiger charge is 2.26. The van der Waals surface area contributed by atoms with Crippen LogP contribution in [0.4, 0.5) is 11.4 Å². The molecule has 2 aromatic rings. The van der Waals surface area contributed by atoms with Crippen LogP contribution in [0.25, 0.3) is 11.8 Å². The molecule has 2 aliphatic rings. The van der Waals surface area contributed by atoms with Crippen LogP contribution in [0, 0.1) is 10.1 Å². The average Bonchev–Trinajstić information content (AvgIpc) is 3.31. The standard InChI is InChI=1S/C20H16N4O3S/c25-19(10-3-14-1-8-17(9-2-14)24(26)27)22-16-6-4-15(5-7-16)18-13-28-20-21-11-12-23(18)20/h1-10,13H,11-12H2,(H,22,25)/b10-3+. The highest BCUT2D eigenvalue weighted by atomic mass is 32.2. The zero-order valence-electron chi connectivity index (χ0n) is 14.7. The number of nitro benzene ring substituents is 1. The number of thioether (sulfide) groups is 1. The molecule has 0 bridgehead atoms. The second-order valence-corrected chi connectivity index (χ2v) is 7.02. The third-order valence-corrected chi connectivity index (χ3v) is 5.25. The highest BCUT2D eigenvalue weighted by Crippen LogP contribution is 2.35. The molecule has 0 unspecified atom stereocenters. The minimum absolute atomic E-state index is 0.0183. The molecule has 4 rings (SSSR count). The number of carbonyl (C=O) groups excluding carboxylic acids is 1. The molecule has 0 fully saturated rings. The Hall–Kier alpha value is -3.39. The number of hydrogen-bond donors (Lipinski definition) is 1. The van der Waals surface area contributed by atoms with Crippen molar-refractivity contribution in [1.29, 1.82) is 0 Å². The summed E-state index contributed by atoms with van der Waals surface area (Å²) in [7, 11) is 0. The van der Waals surface area contributed by atoms with Crippen molar-refractivity contribution in [3.8, 4) is 0 Å². The van der Waals surface area contributed by atoms with E-state index >= 15 is 0 Å². The van der Waals surface area contributed by atoms with Crippen LogP contribution in [0.1, 0.15) is 11.1 Å². The van der Waals surface area contributed by atoms with Gasteiger partial charge in [-0.3, -0.25) is 19.9 Å². The molecule has 1 N–H and O–H groups in total. The molecule has 0 saturated heterocycles. The van der Waals surface area contributed by atoms with Crippen LogP contribution in [-0.2, 0) is 4.79 Å². The molecule has 8 heteroatoms. The van der Waals surface area contributed by atoms with Crippen molar-refractivity contribution in [3.63, 3.8) is 0 Å². The van der Waals surface area contributed by atoms with Gasteiger partial charge in [0.1, 0.15) is 0 Å². The second kappa shape index (κ2) is 7.69. The molecular formula is C20H16N4O3S. The Morgan fingerprint density at radius 1 is 1.18 bits per heavy atom. The number of nitro groups is 1. The molecule has 28 heavy (non-hydrogen) atoms. The predicted octanol–water partition coefficient (Wildman–Crippen LogP) is 3.96. The Morgan fingerprint density at radius 3 is 2.64 bits per heavy atom. The van der Waals surface area contributed by atoms with Gasteiger partial charge in [-0.15, -0.1) is 0 Å². The maximum Gasteiger partial charge on any atom is 0.269 e. The van der Waals surface area contributed by atoms with Crippen molar-refractivity contribution in [2.45, 2.75) is 0 Å². The molecule has 0 radical (unpaired) electrons. The van der Waals surface area contributed by atoms with Crippen molar-refractivity contribution >= 4 is 46.0 Å². The van der Waals surface area contributed by atoms with E-state index in [1.54, 1.807) is 30.0 Å². The smallest absolute Gasteiger partial charge is 0.269 e. The molecule has 2 heterocycles. The molecule has 0 aliphatic carbocycles. The van der Waals surface area contributed by atoms with Gasteiger partial charge in [0.05, 0.1) is 17.2 Å². The van der Waals surface area contributed by atoms with Crippen LogP contribution in [0.3, 0.4) is 0 Å². The topological polar surface area (TPSA) is 87.8 Å². The summed E-state index contributed by atoms with van der Waals surface area (Å²) < 4.78 is 0. The first-order valence-corrected chi connectivity index (χ1v) is 9.51. The SMILES string of the molecule is O=C(/C=C/c1ccc([N+](=O)[O-])cc1)Nc1ccc(C2=CSC3=NCCN23)cc1. The van der Waals surface area contributed by atoms with Gasteiger partial charge >= 0.3 is 0 Å². The maximum atomic E-state index is 12.1. The van der Waals surface area contributed by atoms with Crippen LogP contribution in [0.5, 0.6) is 0 Å². The summed E-state index contributed by atoms with van der Waals surface area (Å²) in [5.41, 5.74) is 3.65. The van der Waals surface area contributed by atoms with Crippen LogP contribution in [0.15, 0.2) is 65.0 Å². The number of benzene rings is 2. The minimum atomic E-state index is -0.457. The van der Waals surface area contributed by atoms with E-state index in [9.17, 15) is 14.9 Å². The van der Waals surface area contributed by atoms with Gasteiger partial charge in [-0.2, -0.15) is 0 Å². The number of amidine groups is 1. The summed E-state index contributed by atoms with van der Waals surface area (Å²) in [5.74, 6) is -0.268. The summed E-state index contributed by atoms with van der Waals surface area (Å²) >= 11 is 1.64. The quantitative estimate of drug-likeness (QED) is 0.473. The van der Waals surface area contributed by atoms with E-state index in [0.717, 1.165) is 29.5 Å². The van der Waals surface area contributed by atoms with Crippen LogP contribution < -0.4 is 5.32 Å². The van der Waals surface area contributed by atoms with Gasteiger partial charge in [-0.05, 0) is 41.5 Å². The first-order valence-electron chi connectivity index (χ1n) is 8.63. The van der Waals surface area contributed by atoms with E-state index < -0.39 is 4.92 Å². The Bertz CT molecular complexity index is 1010. The van der Waals surface area contributed by atoms with Gasteiger partial charge in [0, 0.05) is 35.8 Å². The maximum absolute atomic E-state index is 12.1. The van der Waals surface area contributed by atoms with E-state index in [4.69, 9.17) is 0 Å². The third-order valence-electron chi connectivity index (χ3n) is 4.35. The number of fused-ring (bicyclic) bond motifs is 1. The molecule has 0 atom stereocenters. The number of nitrogens with zero attached hydrogens (tertiary/aromatic N) is 3. The van der Waals surface area contributed by atoms with Crippen molar-refractivity contribution in [1.82, 2.24) is 4.90 Å². The number of hydrogen-bond acceptors (Lipinski definition) is 6. The zero-order chi connectivity index (χ0) is 19.5. The lowest BCUT2D eigenvalue weighted by Crippen LogP contribution is -2.19. The Balaban J connectivity index is 1.37. The molecule has 0 saturated carbocycles. The number of rotatable bonds is 5. The first-order chi connectivity index (χ1) is 13.6. The van der Waals surface area contributed by atoms with Crippen molar-refractivity contribution in [3.05, 3.63) is 81.3 Å². The monoisotopic (exact) mass is 392 g/mol. The molecule has 0 aromatic heterocycles. The summed E-state index contributed by atoms with van der Waals surface area (Å²) in [6, 6.07) is 13.7. The Morgan fingerprint density at radius 2 is 1.93 bits per heavy atom. The van der Waals surface area contributed by atoms with Gasteiger partial charge in [-0.1, -0.05) is 23.9 Å². The molecule has 0 spiro atoms. The van der Waals surface area contributed by atoms with Gasteiger partial charge in [0.25, 0.3) is 5.69 Å². The lowest BCUT2D eigenvalue weighted by atomic mass is 10.1. The van der Waals surface area contributed by atoms with Crippen LogP contribution in [-0.4, -0.2) is 34.0 Å². The van der Waals surface area contributed by atoms with E-state index in [1.807, 2.05) is 24.3 Å². The molecule has 140 valence electrons. The third kappa shape index (κ3) is 3.81. The number of aliphatic imine (C=N–C) groups is 1. The van der Waals surface area contributed by atoms with Gasteiger partial charge < -0.3 is 10.2 Å². The fourth-order valence-electron chi connectivity index (χ4n) is 2.93. The van der Waals surface area contributed by atoms with E-state index in [0.29, 0.717) is 11.3 Å². The highest BCUT2D eigenvalue weighted by molar-refractivity contribution is 8.16. The number of non-ortho nitro benzene ring substituents is 1. The number of anilines is 1. The molecule has 2 aromatic carbocycles. The molecular weight excluding hydrogens is 376 g/mol. The fraction of sp³-hybridized carbons (Fsp3) is 0.100. The summed E-state index contributed by atoms with van der Waals surface area (Å²) in [6.07, 6.45) is 3.01. The fourth-order valence-corrected chi connectivity index (χ4v) is 3.90. The van der Waals surface area contributed by atoms with Crippen molar-refractivity contribution in [2.24, 2.45) is 4.99 Å². The zero-order valence-corrected chi connectivity index (χ0v) is 15.6. The minimum Gasteiger partial charge on any atom is -0.323 e. The van der Waals surface area contributed by atoms with Gasteiger partial charge in [-0.25, -0.2) is 0 Å². The van der Waals surface area contributed by atoms with Crippen molar-refractivity contribution in [2.75, 3.05) is 18.4 Å². The Labute approximate surface area is 165 Å². The molecule has 2 aliphatic heterocycles. The van der Waals surface area contributed by atoms with E-state index in [2.05, 4.69) is 20.6 Å². The summed E-state index contributed by atoms with van der Waals surface area (Å²) in [6.45, 7) is 1.73. The van der Waals surface area contributed by atoms with Gasteiger partial charge in [0.15, 0.2) is 5.17 Å². The lowest BCUT2D eigenvalue weighted by molar-refractivity contribution is -0.384. The predicted molar refractivity (Wildman–Crippen MR) is 112 cm³/mol. The Kier molecular flexibility index (Phi) is 4.94. The lowest BCUT2D eigenvalue weighted by Gasteiger charge is -2.16. The second-order valence-electron chi connectivity index (χ2n) is 6.19.